The minimum absolute atomic E-state index is 0.162. The van der Waals surface area contributed by atoms with E-state index in [0.29, 0.717) is 41.3 Å². The van der Waals surface area contributed by atoms with Crippen LogP contribution in [0.3, 0.4) is 0 Å². The lowest BCUT2D eigenvalue weighted by molar-refractivity contribution is -0.121. The highest BCUT2D eigenvalue weighted by Gasteiger charge is 2.43. The molecule has 7 nitrogen and oxygen atoms in total. The Morgan fingerprint density at radius 2 is 1.61 bits per heavy atom. The molecule has 0 aliphatic carbocycles. The molecule has 0 atom stereocenters. The average molecular weight is 447 g/mol. The number of imide groups is 1. The van der Waals surface area contributed by atoms with Crippen molar-refractivity contribution >= 4 is 34.7 Å². The molecule has 172 valence electrons. The van der Waals surface area contributed by atoms with Gasteiger partial charge in [-0.3, -0.25) is 14.4 Å². The summed E-state index contributed by atoms with van der Waals surface area (Å²) in [5, 5.41) is 2.74. The molecule has 0 aromatic heterocycles. The topological polar surface area (TPSA) is 73.0 Å². The lowest BCUT2D eigenvalue weighted by Crippen LogP contribution is -2.47. The Morgan fingerprint density at radius 3 is 2.21 bits per heavy atom. The molecule has 3 amide bonds. The minimum Gasteiger partial charge on any atom is -0.364 e. The molecule has 0 spiro atoms. The molecule has 0 saturated carbocycles. The molecule has 1 fully saturated rings. The zero-order chi connectivity index (χ0) is 23.7. The first kappa shape index (κ1) is 22.7. The number of nitrogens with zero attached hydrogens (tertiary/aromatic N) is 3. The minimum atomic E-state index is -0.311. The molecule has 1 N–H and O–H groups in total. The molecule has 2 aromatic rings. The van der Waals surface area contributed by atoms with Crippen LogP contribution < -0.4 is 10.2 Å². The van der Waals surface area contributed by atoms with E-state index in [2.05, 4.69) is 22.0 Å². The quantitative estimate of drug-likeness (QED) is 0.715. The summed E-state index contributed by atoms with van der Waals surface area (Å²) in [6.07, 6.45) is 0. The molecule has 2 aromatic carbocycles. The number of hydrogen-bond donors (Lipinski definition) is 1. The second-order valence-corrected chi connectivity index (χ2v) is 8.57. The summed E-state index contributed by atoms with van der Waals surface area (Å²) < 4.78 is 0. The second kappa shape index (κ2) is 9.19. The van der Waals surface area contributed by atoms with Crippen LogP contribution in [0.4, 0.5) is 11.4 Å². The summed E-state index contributed by atoms with van der Waals surface area (Å²) >= 11 is 0. The molecule has 0 unspecified atom stereocenters. The maximum Gasteiger partial charge on any atom is 0.282 e. The van der Waals surface area contributed by atoms with Crippen molar-refractivity contribution in [3.8, 4) is 0 Å². The molecule has 2 aliphatic heterocycles. The number of benzene rings is 2. The van der Waals surface area contributed by atoms with E-state index in [-0.39, 0.29) is 17.7 Å². The summed E-state index contributed by atoms with van der Waals surface area (Å²) in [5.41, 5.74) is 4.76. The van der Waals surface area contributed by atoms with Gasteiger partial charge in [-0.15, -0.1) is 0 Å². The second-order valence-electron chi connectivity index (χ2n) is 8.57. The summed E-state index contributed by atoms with van der Waals surface area (Å²) in [6.45, 7) is 11.5. The fourth-order valence-electron chi connectivity index (χ4n) is 4.48. The third-order valence-electron chi connectivity index (χ3n) is 6.51. The summed E-state index contributed by atoms with van der Waals surface area (Å²) in [6, 6.07) is 12.8. The number of aryl methyl sites for hydroxylation is 1. The number of amides is 3. The lowest BCUT2D eigenvalue weighted by atomic mass is 10.0. The summed E-state index contributed by atoms with van der Waals surface area (Å²) in [7, 11) is 0. The fraction of sp³-hybridized carbons (Fsp3) is 0.346. The third kappa shape index (κ3) is 4.28. The fourth-order valence-corrected chi connectivity index (χ4v) is 4.48. The Hall–Kier alpha value is -3.45. The van der Waals surface area contributed by atoms with Gasteiger partial charge in [0.2, 0.25) is 5.91 Å². The monoisotopic (exact) mass is 446 g/mol. The number of anilines is 2. The highest BCUT2D eigenvalue weighted by molar-refractivity contribution is 6.45. The number of hydrogen-bond acceptors (Lipinski definition) is 5. The van der Waals surface area contributed by atoms with Crippen LogP contribution in [0.1, 0.15) is 30.5 Å². The first-order chi connectivity index (χ1) is 15.8. The summed E-state index contributed by atoms with van der Waals surface area (Å²) in [4.78, 5) is 44.6. The highest BCUT2D eigenvalue weighted by Crippen LogP contribution is 2.37. The van der Waals surface area contributed by atoms with Gasteiger partial charge in [0.25, 0.3) is 11.8 Å². The van der Waals surface area contributed by atoms with Crippen molar-refractivity contribution in [2.24, 2.45) is 0 Å². The number of carbonyl (C=O) groups excluding carboxylic acids is 3. The van der Waals surface area contributed by atoms with Gasteiger partial charge < -0.3 is 15.1 Å². The van der Waals surface area contributed by atoms with Crippen molar-refractivity contribution in [1.82, 2.24) is 9.80 Å². The number of piperazine rings is 1. The van der Waals surface area contributed by atoms with Crippen molar-refractivity contribution < 1.29 is 14.4 Å². The normalized spacial score (nSPS) is 17.2. The van der Waals surface area contributed by atoms with E-state index < -0.39 is 0 Å². The molecule has 0 radical (unpaired) electrons. The van der Waals surface area contributed by atoms with Crippen LogP contribution in [-0.2, 0) is 14.4 Å². The predicted molar refractivity (Wildman–Crippen MR) is 130 cm³/mol. The van der Waals surface area contributed by atoms with Crippen molar-refractivity contribution in [3.63, 3.8) is 0 Å². The smallest absolute Gasteiger partial charge is 0.282 e. The highest BCUT2D eigenvalue weighted by atomic mass is 16.2. The van der Waals surface area contributed by atoms with Crippen LogP contribution in [-0.4, -0.2) is 60.2 Å². The molecule has 2 heterocycles. The number of rotatable bonds is 5. The van der Waals surface area contributed by atoms with E-state index in [9.17, 15) is 14.4 Å². The first-order valence-corrected chi connectivity index (χ1v) is 11.4. The van der Waals surface area contributed by atoms with Crippen molar-refractivity contribution in [2.45, 2.75) is 27.7 Å². The Kier molecular flexibility index (Phi) is 6.33. The van der Waals surface area contributed by atoms with Gasteiger partial charge in [-0.25, -0.2) is 4.90 Å². The summed E-state index contributed by atoms with van der Waals surface area (Å²) in [5.74, 6) is -0.752. The average Bonchev–Trinajstić information content (AvgIpc) is 3.06. The SMILES string of the molecule is CCN1CCN(C2=C(c3ccc(NC(C)=O)cc3)C(=O)N(c3cccc(C)c3C)C2=O)CC1. The largest absolute Gasteiger partial charge is 0.364 e. The molecule has 7 heteroatoms. The molecular weight excluding hydrogens is 416 g/mol. The van der Waals surface area contributed by atoms with Gasteiger partial charge in [0.05, 0.1) is 11.3 Å². The standard InChI is InChI=1S/C26H30N4O3/c1-5-28-13-15-29(16-14-28)24-23(20-9-11-21(12-10-20)27-19(4)31)25(32)30(26(24)33)22-8-6-7-17(2)18(22)3/h6-12H,5,13-16H2,1-4H3,(H,27,31). The van der Waals surface area contributed by atoms with Crippen molar-refractivity contribution in [2.75, 3.05) is 42.9 Å². The molecule has 2 aliphatic rings. The molecule has 4 rings (SSSR count). The van der Waals surface area contributed by atoms with Gasteiger partial charge in [0, 0.05) is 38.8 Å². The van der Waals surface area contributed by atoms with Crippen LogP contribution in [0.2, 0.25) is 0 Å². The maximum absolute atomic E-state index is 13.8. The molecule has 0 bridgehead atoms. The number of nitrogens with one attached hydrogen (secondary N) is 1. The van der Waals surface area contributed by atoms with E-state index in [1.165, 1.54) is 11.8 Å². The van der Waals surface area contributed by atoms with Gasteiger partial charge in [0.1, 0.15) is 5.70 Å². The van der Waals surface area contributed by atoms with Crippen molar-refractivity contribution in [3.05, 3.63) is 64.9 Å². The van der Waals surface area contributed by atoms with E-state index >= 15 is 0 Å². The maximum atomic E-state index is 13.8. The number of likely N-dealkylation sites (N-methyl/N-ethyl adjacent to an activating group) is 1. The van der Waals surface area contributed by atoms with Crippen LogP contribution in [0.25, 0.3) is 5.57 Å². The predicted octanol–water partition coefficient (Wildman–Crippen LogP) is 3.18. The third-order valence-corrected chi connectivity index (χ3v) is 6.51. The van der Waals surface area contributed by atoms with Gasteiger partial charge in [-0.05, 0) is 55.3 Å². The van der Waals surface area contributed by atoms with Crippen LogP contribution >= 0.6 is 0 Å². The van der Waals surface area contributed by atoms with E-state index in [1.807, 2.05) is 32.0 Å². The zero-order valence-electron chi connectivity index (χ0n) is 19.6. The molecule has 1 saturated heterocycles. The van der Waals surface area contributed by atoms with E-state index in [4.69, 9.17) is 0 Å². The first-order valence-electron chi connectivity index (χ1n) is 11.4. The van der Waals surface area contributed by atoms with Gasteiger partial charge >= 0.3 is 0 Å². The Morgan fingerprint density at radius 1 is 0.939 bits per heavy atom. The van der Waals surface area contributed by atoms with Gasteiger partial charge in [-0.1, -0.05) is 31.2 Å². The van der Waals surface area contributed by atoms with Gasteiger partial charge in [0.15, 0.2) is 0 Å². The number of carbonyl (C=O) groups is 3. The van der Waals surface area contributed by atoms with E-state index in [1.54, 1.807) is 24.3 Å². The molecule has 33 heavy (non-hydrogen) atoms. The van der Waals surface area contributed by atoms with Crippen molar-refractivity contribution in [1.29, 1.82) is 0 Å². The van der Waals surface area contributed by atoms with Gasteiger partial charge in [-0.2, -0.15) is 0 Å². The zero-order valence-corrected chi connectivity index (χ0v) is 19.6. The Bertz CT molecular complexity index is 1130. The van der Waals surface area contributed by atoms with Crippen LogP contribution in [0.15, 0.2) is 48.2 Å². The molecular formula is C26H30N4O3. The lowest BCUT2D eigenvalue weighted by Gasteiger charge is -2.36. The van der Waals surface area contributed by atoms with Crippen LogP contribution in [0, 0.1) is 13.8 Å². The van der Waals surface area contributed by atoms with Crippen LogP contribution in [0.5, 0.6) is 0 Å². The Balaban J connectivity index is 1.78. The van der Waals surface area contributed by atoms with E-state index in [0.717, 1.165) is 30.8 Å². The Labute approximate surface area is 194 Å².